The molecule has 2 heterocycles. The first-order valence-electron chi connectivity index (χ1n) is 8.75. The van der Waals surface area contributed by atoms with Gasteiger partial charge in [-0.1, -0.05) is 0 Å². The number of esters is 1. The molecule has 0 aromatic carbocycles. The van der Waals surface area contributed by atoms with E-state index in [1.165, 1.54) is 20.0 Å². The number of carbonyl (C=O) groups excluding carboxylic acids is 1. The Kier molecular flexibility index (Phi) is 4.99. The van der Waals surface area contributed by atoms with E-state index in [1.54, 1.807) is 4.31 Å². The maximum atomic E-state index is 12.5. The quantitative estimate of drug-likeness (QED) is 0.675. The minimum absolute atomic E-state index is 0.00693. The predicted octanol–water partition coefficient (Wildman–Crippen LogP) is 1.08. The van der Waals surface area contributed by atoms with Crippen molar-refractivity contribution in [1.29, 1.82) is 0 Å². The number of nitrogens with zero attached hydrogens (tertiary/aromatic N) is 2. The fourth-order valence-corrected chi connectivity index (χ4v) is 5.68. The Morgan fingerprint density at radius 2 is 1.83 bits per heavy atom. The topological polar surface area (TPSA) is 66.9 Å². The molecular weight excluding hydrogens is 316 g/mol. The van der Waals surface area contributed by atoms with Gasteiger partial charge in [-0.3, -0.25) is 4.79 Å². The van der Waals surface area contributed by atoms with Gasteiger partial charge < -0.3 is 9.64 Å². The molecular formula is C16H28N2O4S. The lowest BCUT2D eigenvalue weighted by atomic mass is 9.92. The minimum Gasteiger partial charge on any atom is -0.469 e. The summed E-state index contributed by atoms with van der Waals surface area (Å²) in [6, 6.07) is 0. The highest BCUT2D eigenvalue weighted by molar-refractivity contribution is 7.89. The van der Waals surface area contributed by atoms with Crippen LogP contribution in [0.1, 0.15) is 38.5 Å². The minimum atomic E-state index is -3.15. The van der Waals surface area contributed by atoms with Crippen molar-refractivity contribution in [3.05, 3.63) is 0 Å². The van der Waals surface area contributed by atoms with Crippen molar-refractivity contribution >= 4 is 16.0 Å². The molecule has 0 amide bonds. The summed E-state index contributed by atoms with van der Waals surface area (Å²) < 4.78 is 31.4. The maximum Gasteiger partial charge on any atom is 0.309 e. The van der Waals surface area contributed by atoms with E-state index in [4.69, 9.17) is 4.74 Å². The molecule has 1 saturated carbocycles. The summed E-state index contributed by atoms with van der Waals surface area (Å²) in [5.41, 5.74) is 0.0225. The van der Waals surface area contributed by atoms with Gasteiger partial charge >= 0.3 is 5.97 Å². The van der Waals surface area contributed by atoms with Gasteiger partial charge in [0.15, 0.2) is 0 Å². The molecule has 0 aromatic heterocycles. The molecule has 1 spiro atoms. The summed E-state index contributed by atoms with van der Waals surface area (Å²) in [5, 5.41) is 0. The van der Waals surface area contributed by atoms with Crippen LogP contribution >= 0.6 is 0 Å². The van der Waals surface area contributed by atoms with E-state index in [9.17, 15) is 13.2 Å². The zero-order valence-electron chi connectivity index (χ0n) is 14.0. The van der Waals surface area contributed by atoms with Gasteiger partial charge in [0.2, 0.25) is 10.0 Å². The van der Waals surface area contributed by atoms with Gasteiger partial charge in [0.05, 0.1) is 18.8 Å². The van der Waals surface area contributed by atoms with Crippen LogP contribution in [0.4, 0.5) is 0 Å². The van der Waals surface area contributed by atoms with Crippen molar-refractivity contribution in [3.63, 3.8) is 0 Å². The van der Waals surface area contributed by atoms with E-state index in [2.05, 4.69) is 4.90 Å². The second-order valence-electron chi connectivity index (χ2n) is 7.26. The highest BCUT2D eigenvalue weighted by Gasteiger charge is 2.59. The van der Waals surface area contributed by atoms with E-state index < -0.39 is 10.0 Å². The van der Waals surface area contributed by atoms with Crippen molar-refractivity contribution in [3.8, 4) is 0 Å². The first-order chi connectivity index (χ1) is 11.0. The molecule has 3 fully saturated rings. The van der Waals surface area contributed by atoms with E-state index >= 15 is 0 Å². The van der Waals surface area contributed by atoms with Gasteiger partial charge in [0.25, 0.3) is 0 Å². The van der Waals surface area contributed by atoms with Crippen molar-refractivity contribution in [1.82, 2.24) is 9.21 Å². The number of methoxy groups -OCH3 is 1. The Bertz CT molecular complexity index is 534. The second-order valence-corrected chi connectivity index (χ2v) is 9.35. The van der Waals surface area contributed by atoms with Crippen LogP contribution in [-0.4, -0.2) is 69.2 Å². The lowest BCUT2D eigenvalue weighted by Gasteiger charge is -2.32. The molecule has 0 unspecified atom stereocenters. The van der Waals surface area contributed by atoms with Crippen LogP contribution in [0.15, 0.2) is 0 Å². The number of rotatable bonds is 6. The first kappa shape index (κ1) is 17.2. The molecule has 23 heavy (non-hydrogen) atoms. The second kappa shape index (κ2) is 6.69. The zero-order chi connectivity index (χ0) is 16.5. The van der Waals surface area contributed by atoms with E-state index in [-0.39, 0.29) is 23.1 Å². The number of carbonyl (C=O) groups is 1. The van der Waals surface area contributed by atoms with Crippen LogP contribution in [0.2, 0.25) is 0 Å². The van der Waals surface area contributed by atoms with Crippen LogP contribution in [-0.2, 0) is 19.6 Å². The number of ether oxygens (including phenoxy) is 1. The molecule has 132 valence electrons. The third-order valence-corrected chi connectivity index (χ3v) is 7.82. The maximum absolute atomic E-state index is 12.5. The standard InChI is InChI=1S/C16H28N2O4S/c1-22-15(19)14-13-16(14)5-10-18(11-6-16)23(20,21)12-4-9-17-7-2-3-8-17/h14H,2-13H2,1H3/t14-/m1/s1. The molecule has 0 aromatic rings. The van der Waals surface area contributed by atoms with Gasteiger partial charge in [-0.2, -0.15) is 0 Å². The van der Waals surface area contributed by atoms with Gasteiger partial charge in [-0.05, 0) is 63.6 Å². The van der Waals surface area contributed by atoms with Crippen LogP contribution in [0.25, 0.3) is 0 Å². The highest BCUT2D eigenvalue weighted by atomic mass is 32.2. The molecule has 0 bridgehead atoms. The first-order valence-corrected chi connectivity index (χ1v) is 10.4. The fraction of sp³-hybridized carbons (Fsp3) is 0.938. The molecule has 2 aliphatic heterocycles. The normalized spacial score (nSPS) is 28.1. The van der Waals surface area contributed by atoms with Crippen molar-refractivity contribution in [2.45, 2.75) is 38.5 Å². The Morgan fingerprint density at radius 1 is 1.17 bits per heavy atom. The lowest BCUT2D eigenvalue weighted by Crippen LogP contribution is -2.41. The Labute approximate surface area is 139 Å². The molecule has 0 radical (unpaired) electrons. The van der Waals surface area contributed by atoms with Gasteiger partial charge in [0.1, 0.15) is 0 Å². The molecule has 1 atom stereocenters. The van der Waals surface area contributed by atoms with E-state index in [1.807, 2.05) is 0 Å². The largest absolute Gasteiger partial charge is 0.469 e. The molecule has 0 N–H and O–H groups in total. The third-order valence-electron chi connectivity index (χ3n) is 5.86. The number of piperidine rings is 1. The Hall–Kier alpha value is -0.660. The monoisotopic (exact) mass is 344 g/mol. The number of hydrogen-bond donors (Lipinski definition) is 0. The Balaban J connectivity index is 1.44. The Morgan fingerprint density at radius 3 is 2.43 bits per heavy atom. The summed E-state index contributed by atoms with van der Waals surface area (Å²) in [7, 11) is -1.73. The summed E-state index contributed by atoms with van der Waals surface area (Å²) in [6.45, 7) is 4.23. The van der Waals surface area contributed by atoms with E-state index in [0.717, 1.165) is 45.3 Å². The summed E-state index contributed by atoms with van der Waals surface area (Å²) in [4.78, 5) is 14.0. The van der Waals surface area contributed by atoms with Crippen molar-refractivity contribution in [2.24, 2.45) is 11.3 Å². The average molecular weight is 344 g/mol. The van der Waals surface area contributed by atoms with Crippen LogP contribution in [0.3, 0.4) is 0 Å². The van der Waals surface area contributed by atoms with Gasteiger partial charge in [0, 0.05) is 13.1 Å². The highest BCUT2D eigenvalue weighted by Crippen LogP contribution is 2.59. The van der Waals surface area contributed by atoms with Gasteiger partial charge in [-0.15, -0.1) is 0 Å². The van der Waals surface area contributed by atoms with Crippen molar-refractivity contribution < 1.29 is 17.9 Å². The fourth-order valence-electron chi connectivity index (χ4n) is 4.19. The smallest absolute Gasteiger partial charge is 0.309 e. The van der Waals surface area contributed by atoms with E-state index in [0.29, 0.717) is 13.1 Å². The average Bonchev–Trinajstić information content (AvgIpc) is 2.97. The third kappa shape index (κ3) is 3.72. The molecule has 6 nitrogen and oxygen atoms in total. The van der Waals surface area contributed by atoms with Crippen LogP contribution in [0, 0.1) is 11.3 Å². The number of likely N-dealkylation sites (tertiary alicyclic amines) is 1. The summed E-state index contributed by atoms with van der Waals surface area (Å²) >= 11 is 0. The number of hydrogen-bond acceptors (Lipinski definition) is 5. The number of sulfonamides is 1. The van der Waals surface area contributed by atoms with Gasteiger partial charge in [-0.25, -0.2) is 12.7 Å². The van der Waals surface area contributed by atoms with Crippen molar-refractivity contribution in [2.75, 3.05) is 45.6 Å². The predicted molar refractivity (Wildman–Crippen MR) is 87.4 cm³/mol. The zero-order valence-corrected chi connectivity index (χ0v) is 14.8. The summed E-state index contributed by atoms with van der Waals surface area (Å²) in [6.07, 6.45) is 5.64. The lowest BCUT2D eigenvalue weighted by molar-refractivity contribution is -0.143. The molecule has 1 aliphatic carbocycles. The summed E-state index contributed by atoms with van der Waals surface area (Å²) in [5.74, 6) is 0.108. The molecule has 7 heteroatoms. The van der Waals surface area contributed by atoms with Crippen LogP contribution in [0.5, 0.6) is 0 Å². The van der Waals surface area contributed by atoms with Crippen LogP contribution < -0.4 is 0 Å². The molecule has 3 rings (SSSR count). The molecule has 2 saturated heterocycles. The SMILES string of the molecule is COC(=O)[C@H]1CC12CCN(S(=O)(=O)CCCN1CCCC1)CC2. The molecule has 3 aliphatic rings.